The Balaban J connectivity index is 1.20. The summed E-state index contributed by atoms with van der Waals surface area (Å²) in [7, 11) is 0. The van der Waals surface area contributed by atoms with Crippen molar-refractivity contribution in [3.05, 3.63) is 107 Å². The highest BCUT2D eigenvalue weighted by Crippen LogP contribution is 2.61. The molecule has 1 saturated heterocycles. The summed E-state index contributed by atoms with van der Waals surface area (Å²) < 4.78 is 5.27. The van der Waals surface area contributed by atoms with Gasteiger partial charge in [-0.2, -0.15) is 0 Å². The second-order valence-corrected chi connectivity index (χ2v) is 11.0. The molecule has 2 N–H and O–H groups in total. The predicted octanol–water partition coefficient (Wildman–Crippen LogP) is 2.91. The number of rotatable bonds is 6. The van der Waals surface area contributed by atoms with Gasteiger partial charge >= 0.3 is 5.97 Å². The largest absolute Gasteiger partial charge is 0.454 e. The minimum Gasteiger partial charge on any atom is -0.454 e. The van der Waals surface area contributed by atoms with Gasteiger partial charge < -0.3 is 4.74 Å². The summed E-state index contributed by atoms with van der Waals surface area (Å²) in [5, 5.41) is 0. The van der Waals surface area contributed by atoms with Crippen LogP contribution in [0.3, 0.4) is 0 Å². The minimum atomic E-state index is -1.20. The average molecular weight is 552 g/mol. The third-order valence-electron chi connectivity index (χ3n) is 8.33. The topological polar surface area (TPSA) is 122 Å². The van der Waals surface area contributed by atoms with Crippen LogP contribution in [0.15, 0.2) is 78.9 Å². The summed E-state index contributed by atoms with van der Waals surface area (Å²) in [4.78, 5) is 66.9. The molecule has 208 valence electrons. The molecule has 4 amide bonds. The molecule has 0 aromatic heterocycles. The van der Waals surface area contributed by atoms with Gasteiger partial charge in [0.25, 0.3) is 11.8 Å². The van der Waals surface area contributed by atoms with Crippen molar-refractivity contribution in [2.24, 2.45) is 17.8 Å². The van der Waals surface area contributed by atoms with E-state index >= 15 is 0 Å². The quantitative estimate of drug-likeness (QED) is 0.276. The summed E-state index contributed by atoms with van der Waals surface area (Å²) in [6.07, 6.45) is 0. The second kappa shape index (κ2) is 10.3. The number of benzene rings is 3. The van der Waals surface area contributed by atoms with Crippen molar-refractivity contribution in [3.8, 4) is 0 Å². The molecule has 3 aromatic rings. The number of hydrogen-bond donors (Lipinski definition) is 2. The Morgan fingerprint density at radius 1 is 0.732 bits per heavy atom. The van der Waals surface area contributed by atoms with Gasteiger partial charge in [0, 0.05) is 17.4 Å². The molecule has 2 bridgehead atoms. The van der Waals surface area contributed by atoms with Crippen LogP contribution < -0.4 is 10.9 Å². The molecule has 7 rings (SSSR count). The van der Waals surface area contributed by atoms with Crippen LogP contribution in [0, 0.1) is 17.8 Å². The monoisotopic (exact) mass is 551 g/mol. The van der Waals surface area contributed by atoms with Crippen molar-refractivity contribution in [3.63, 3.8) is 0 Å². The number of likely N-dealkylation sites (tertiary alicyclic amines) is 1. The van der Waals surface area contributed by atoms with Crippen molar-refractivity contribution < 1.29 is 28.7 Å². The van der Waals surface area contributed by atoms with E-state index in [1.807, 2.05) is 48.5 Å². The molecule has 1 heterocycles. The number of hydrogen-bond acceptors (Lipinski definition) is 6. The lowest BCUT2D eigenvalue weighted by molar-refractivity contribution is -0.162. The van der Waals surface area contributed by atoms with E-state index < -0.39 is 60.0 Å². The number of carbonyl (C=O) groups is 5. The lowest BCUT2D eigenvalue weighted by Gasteiger charge is -2.45. The third kappa shape index (κ3) is 4.28. The van der Waals surface area contributed by atoms with Gasteiger partial charge in [-0.25, -0.2) is 4.79 Å². The standard InChI is InChI=1S/C32H29N3O6/c1-17(2)28(32(40)41-16-23(36)33-34-29(37)18-10-4-3-5-11-18)35-30(38)26-24-19-12-6-7-13-20(19)25(27(26)31(35)39)22-15-9-8-14-21(22)24/h3-15,17,24-28H,16H2,1-2H3,(H,33,36)(H,34,37)/t24?,25?,26-,27-,28+/m0/s1. The molecule has 9 heteroatoms. The normalized spacial score (nSPS) is 22.5. The van der Waals surface area contributed by atoms with Crippen LogP contribution in [0.1, 0.15) is 58.3 Å². The Labute approximate surface area is 236 Å². The van der Waals surface area contributed by atoms with Gasteiger partial charge in [-0.3, -0.25) is 34.9 Å². The smallest absolute Gasteiger partial charge is 0.330 e. The first-order valence-corrected chi connectivity index (χ1v) is 13.6. The van der Waals surface area contributed by atoms with E-state index in [-0.39, 0.29) is 11.8 Å². The minimum absolute atomic E-state index is 0.290. The van der Waals surface area contributed by atoms with Crippen LogP contribution in [0.4, 0.5) is 0 Å². The van der Waals surface area contributed by atoms with Crippen molar-refractivity contribution >= 4 is 29.6 Å². The molecule has 41 heavy (non-hydrogen) atoms. The Hall–Kier alpha value is -4.79. The molecule has 3 aromatic carbocycles. The summed E-state index contributed by atoms with van der Waals surface area (Å²) in [5.41, 5.74) is 8.98. The van der Waals surface area contributed by atoms with Gasteiger partial charge in [-0.05, 0) is 40.3 Å². The Morgan fingerprint density at radius 3 is 1.66 bits per heavy atom. The lowest BCUT2D eigenvalue weighted by Crippen LogP contribution is -2.50. The molecular formula is C32H29N3O6. The van der Waals surface area contributed by atoms with Crippen LogP contribution in [-0.2, 0) is 23.9 Å². The maximum Gasteiger partial charge on any atom is 0.330 e. The summed E-state index contributed by atoms with van der Waals surface area (Å²) in [6, 6.07) is 22.9. The zero-order valence-electron chi connectivity index (χ0n) is 22.6. The Kier molecular flexibility index (Phi) is 6.65. The van der Waals surface area contributed by atoms with E-state index in [0.717, 1.165) is 27.2 Å². The number of esters is 1. The number of imide groups is 1. The van der Waals surface area contributed by atoms with Crippen LogP contribution in [-0.4, -0.2) is 47.1 Å². The van der Waals surface area contributed by atoms with Crippen LogP contribution in [0.25, 0.3) is 0 Å². The first kappa shape index (κ1) is 26.4. The highest BCUT2D eigenvalue weighted by atomic mass is 16.5. The number of amides is 4. The van der Waals surface area contributed by atoms with Crippen molar-refractivity contribution in [1.82, 2.24) is 15.8 Å². The van der Waals surface area contributed by atoms with Crippen LogP contribution >= 0.6 is 0 Å². The molecule has 0 radical (unpaired) electrons. The summed E-state index contributed by atoms with van der Waals surface area (Å²) in [5.74, 6) is -5.22. The van der Waals surface area contributed by atoms with Gasteiger partial charge in [0.1, 0.15) is 6.04 Å². The fourth-order valence-corrected chi connectivity index (χ4v) is 6.70. The molecular weight excluding hydrogens is 522 g/mol. The van der Waals surface area contributed by atoms with E-state index in [1.165, 1.54) is 0 Å². The highest BCUT2D eigenvalue weighted by molar-refractivity contribution is 6.10. The number of ether oxygens (including phenoxy) is 1. The molecule has 0 saturated carbocycles. The molecule has 1 aliphatic heterocycles. The van der Waals surface area contributed by atoms with E-state index in [2.05, 4.69) is 10.9 Å². The fourth-order valence-electron chi connectivity index (χ4n) is 6.70. The number of nitrogens with zero attached hydrogens (tertiary/aromatic N) is 1. The van der Waals surface area contributed by atoms with Gasteiger partial charge in [0.15, 0.2) is 6.61 Å². The van der Waals surface area contributed by atoms with E-state index in [1.54, 1.807) is 44.2 Å². The van der Waals surface area contributed by atoms with E-state index in [9.17, 15) is 24.0 Å². The SMILES string of the molecule is CC(C)[C@H](C(=O)OCC(=O)NNC(=O)c1ccccc1)N1C(=O)[C@H]2C3c4ccccc4C(c4ccccc43)[C@@H]2C1=O. The van der Waals surface area contributed by atoms with Gasteiger partial charge in [0.2, 0.25) is 11.8 Å². The predicted molar refractivity (Wildman–Crippen MR) is 147 cm³/mol. The number of hydrazine groups is 1. The molecule has 3 aliphatic carbocycles. The molecule has 0 unspecified atom stereocenters. The van der Waals surface area contributed by atoms with Crippen molar-refractivity contribution in [2.75, 3.05) is 6.61 Å². The number of carbonyl (C=O) groups excluding carboxylic acids is 5. The maximum absolute atomic E-state index is 14.0. The summed E-state index contributed by atoms with van der Waals surface area (Å²) >= 11 is 0. The third-order valence-corrected chi connectivity index (χ3v) is 8.33. The van der Waals surface area contributed by atoms with E-state index in [4.69, 9.17) is 4.74 Å². The second-order valence-electron chi connectivity index (χ2n) is 11.0. The van der Waals surface area contributed by atoms with Crippen molar-refractivity contribution in [2.45, 2.75) is 31.7 Å². The Bertz CT molecular complexity index is 1450. The maximum atomic E-state index is 14.0. The lowest BCUT2D eigenvalue weighted by atomic mass is 9.55. The van der Waals surface area contributed by atoms with E-state index in [0.29, 0.717) is 5.56 Å². The molecule has 1 fully saturated rings. The Morgan fingerprint density at radius 2 is 1.20 bits per heavy atom. The van der Waals surface area contributed by atoms with Crippen LogP contribution in [0.2, 0.25) is 0 Å². The van der Waals surface area contributed by atoms with Crippen LogP contribution in [0.5, 0.6) is 0 Å². The fraction of sp³-hybridized carbons (Fsp3) is 0.281. The average Bonchev–Trinajstić information content (AvgIpc) is 3.25. The zero-order chi connectivity index (χ0) is 28.8. The summed E-state index contributed by atoms with van der Waals surface area (Å²) in [6.45, 7) is 2.77. The van der Waals surface area contributed by atoms with Gasteiger partial charge in [-0.15, -0.1) is 0 Å². The molecule has 0 spiro atoms. The first-order chi connectivity index (χ1) is 19.8. The molecule has 3 atom stereocenters. The molecule has 4 aliphatic rings. The van der Waals surface area contributed by atoms with Crippen molar-refractivity contribution in [1.29, 1.82) is 0 Å². The zero-order valence-corrected chi connectivity index (χ0v) is 22.6. The number of nitrogens with one attached hydrogen (secondary N) is 2. The molecule has 9 nitrogen and oxygen atoms in total. The first-order valence-electron chi connectivity index (χ1n) is 13.6. The highest BCUT2D eigenvalue weighted by Gasteiger charge is 2.63. The van der Waals surface area contributed by atoms with Gasteiger partial charge in [-0.1, -0.05) is 80.6 Å². The van der Waals surface area contributed by atoms with Gasteiger partial charge in [0.05, 0.1) is 11.8 Å².